The van der Waals surface area contributed by atoms with Crippen LogP contribution in [0.25, 0.3) is 0 Å². The Morgan fingerprint density at radius 2 is 2.22 bits per heavy atom. The molecule has 1 aromatic rings. The maximum Gasteiger partial charge on any atom is 0.237 e. The third kappa shape index (κ3) is 2.77. The van der Waals surface area contributed by atoms with Gasteiger partial charge >= 0.3 is 0 Å². The van der Waals surface area contributed by atoms with E-state index in [0.717, 1.165) is 9.13 Å². The monoisotopic (exact) mass is 400 g/mol. The van der Waals surface area contributed by atoms with Gasteiger partial charge in [-0.25, -0.2) is 13.4 Å². The van der Waals surface area contributed by atoms with Crippen LogP contribution >= 0.6 is 33.3 Å². The van der Waals surface area contributed by atoms with Crippen LogP contribution in [0.3, 0.4) is 0 Å². The summed E-state index contributed by atoms with van der Waals surface area (Å²) >= 11 is 2.14. The molecule has 0 aliphatic carbocycles. The number of aryl methyl sites for hydroxylation is 1. The quantitative estimate of drug-likeness (QED) is 0.559. The molecular weight excluding hydrogens is 391 g/mol. The molecule has 5 nitrogen and oxygen atoms in total. The van der Waals surface area contributed by atoms with Crippen molar-refractivity contribution in [2.24, 2.45) is 0 Å². The van der Waals surface area contributed by atoms with E-state index in [2.05, 4.69) is 27.6 Å². The van der Waals surface area contributed by atoms with Crippen LogP contribution in [0.5, 0.6) is 0 Å². The molecule has 1 unspecified atom stereocenters. The number of aromatic nitrogens is 1. The molecule has 0 spiro atoms. The molecule has 2 heterocycles. The SMILES string of the molecule is Cc1cc(N2CC(S(=O)(=O)Cl)CC2=O)ncc1I. The number of pyridine rings is 1. The summed E-state index contributed by atoms with van der Waals surface area (Å²) < 4.78 is 23.5. The maximum atomic E-state index is 11.8. The molecular formula is C10H10ClIN2O3S. The van der Waals surface area contributed by atoms with E-state index in [1.165, 1.54) is 4.90 Å². The number of carbonyl (C=O) groups excluding carboxylic acids is 1. The number of amides is 1. The average molecular weight is 401 g/mol. The third-order valence-corrected chi connectivity index (χ3v) is 5.79. The molecule has 0 saturated carbocycles. The normalized spacial score (nSPS) is 20.5. The summed E-state index contributed by atoms with van der Waals surface area (Å²) in [6.07, 6.45) is 1.57. The number of halogens is 2. The average Bonchev–Trinajstić information content (AvgIpc) is 2.64. The van der Waals surface area contributed by atoms with E-state index in [9.17, 15) is 13.2 Å². The Balaban J connectivity index is 2.30. The summed E-state index contributed by atoms with van der Waals surface area (Å²) in [4.78, 5) is 17.3. The third-order valence-electron chi connectivity index (χ3n) is 2.80. The lowest BCUT2D eigenvalue weighted by atomic mass is 10.3. The number of carbonyl (C=O) groups is 1. The van der Waals surface area contributed by atoms with Crippen LogP contribution in [0.15, 0.2) is 12.3 Å². The van der Waals surface area contributed by atoms with Crippen molar-refractivity contribution in [2.75, 3.05) is 11.4 Å². The summed E-state index contributed by atoms with van der Waals surface area (Å²) in [5.74, 6) is 0.207. The van der Waals surface area contributed by atoms with Crippen molar-refractivity contribution < 1.29 is 13.2 Å². The molecule has 1 fully saturated rings. The summed E-state index contributed by atoms with van der Waals surface area (Å²) in [5.41, 5.74) is 0.991. The van der Waals surface area contributed by atoms with Gasteiger partial charge in [-0.3, -0.25) is 9.69 Å². The Bertz CT molecular complexity index is 605. The van der Waals surface area contributed by atoms with Crippen molar-refractivity contribution in [1.82, 2.24) is 4.98 Å². The first kappa shape index (κ1) is 14.0. The summed E-state index contributed by atoms with van der Waals surface area (Å²) in [6.45, 7) is 1.97. The molecule has 1 aliphatic heterocycles. The number of anilines is 1. The highest BCUT2D eigenvalue weighted by Gasteiger charge is 2.38. The van der Waals surface area contributed by atoms with Gasteiger partial charge in [-0.05, 0) is 41.1 Å². The first-order valence-electron chi connectivity index (χ1n) is 5.15. The second-order valence-electron chi connectivity index (χ2n) is 4.10. The Hall–Kier alpha value is -0.410. The van der Waals surface area contributed by atoms with Gasteiger partial charge in [-0.15, -0.1) is 0 Å². The van der Waals surface area contributed by atoms with Crippen molar-refractivity contribution in [3.63, 3.8) is 0 Å². The van der Waals surface area contributed by atoms with Gasteiger partial charge in [0.1, 0.15) is 11.1 Å². The van der Waals surface area contributed by atoms with Crippen LogP contribution < -0.4 is 4.90 Å². The van der Waals surface area contributed by atoms with Gasteiger partial charge in [-0.2, -0.15) is 0 Å². The second kappa shape index (κ2) is 4.93. The van der Waals surface area contributed by atoms with E-state index >= 15 is 0 Å². The Kier molecular flexibility index (Phi) is 3.84. The van der Waals surface area contributed by atoms with Crippen LogP contribution in [0.2, 0.25) is 0 Å². The van der Waals surface area contributed by atoms with E-state index in [-0.39, 0.29) is 18.9 Å². The molecule has 1 atom stereocenters. The minimum atomic E-state index is -3.71. The number of rotatable bonds is 2. The molecule has 2 rings (SSSR count). The van der Waals surface area contributed by atoms with Crippen molar-refractivity contribution in [1.29, 1.82) is 0 Å². The topological polar surface area (TPSA) is 67.3 Å². The molecule has 8 heteroatoms. The van der Waals surface area contributed by atoms with Gasteiger partial charge in [0.25, 0.3) is 0 Å². The first-order chi connectivity index (χ1) is 8.29. The fraction of sp³-hybridized carbons (Fsp3) is 0.400. The molecule has 1 amide bonds. The molecule has 98 valence electrons. The van der Waals surface area contributed by atoms with Gasteiger partial charge in [0.15, 0.2) is 0 Å². The predicted octanol–water partition coefficient (Wildman–Crippen LogP) is 1.67. The lowest BCUT2D eigenvalue weighted by Gasteiger charge is -2.15. The molecule has 0 radical (unpaired) electrons. The Morgan fingerprint density at radius 3 is 2.72 bits per heavy atom. The second-order valence-corrected chi connectivity index (χ2v) is 8.17. The maximum absolute atomic E-state index is 11.8. The van der Waals surface area contributed by atoms with Gasteiger partial charge < -0.3 is 0 Å². The number of hydrogen-bond acceptors (Lipinski definition) is 4. The van der Waals surface area contributed by atoms with Gasteiger partial charge in [0.2, 0.25) is 15.0 Å². The molecule has 18 heavy (non-hydrogen) atoms. The number of nitrogens with zero attached hydrogens (tertiary/aromatic N) is 2. The molecule has 1 saturated heterocycles. The smallest absolute Gasteiger partial charge is 0.237 e. The van der Waals surface area contributed by atoms with Gasteiger partial charge in [0.05, 0.1) is 0 Å². The van der Waals surface area contributed by atoms with Crippen LogP contribution in [0, 0.1) is 10.5 Å². The highest BCUT2D eigenvalue weighted by molar-refractivity contribution is 14.1. The summed E-state index contributed by atoms with van der Waals surface area (Å²) in [6, 6.07) is 1.77. The standard InChI is InChI=1S/C10H10ClIN2O3S/c1-6-2-9(13-4-8(6)12)14-5-7(3-10(14)15)18(11,16)17/h2,4,7H,3,5H2,1H3. The van der Waals surface area contributed by atoms with Crippen LogP contribution in [-0.4, -0.2) is 31.1 Å². The Morgan fingerprint density at radius 1 is 1.56 bits per heavy atom. The molecule has 0 bridgehead atoms. The first-order valence-corrected chi connectivity index (χ1v) is 8.60. The van der Waals surface area contributed by atoms with Crippen molar-refractivity contribution in [3.05, 3.63) is 21.4 Å². The highest BCUT2D eigenvalue weighted by atomic mass is 127. The Labute approximate surface area is 123 Å². The van der Waals surface area contributed by atoms with Crippen LogP contribution in [0.4, 0.5) is 5.82 Å². The lowest BCUT2D eigenvalue weighted by Crippen LogP contribution is -2.27. The van der Waals surface area contributed by atoms with E-state index in [1.54, 1.807) is 12.3 Å². The summed E-state index contributed by atoms with van der Waals surface area (Å²) in [5, 5.41) is -0.854. The van der Waals surface area contributed by atoms with E-state index in [4.69, 9.17) is 10.7 Å². The molecule has 1 aliphatic rings. The molecule has 1 aromatic heterocycles. The van der Waals surface area contributed by atoms with Crippen molar-refractivity contribution >= 4 is 54.0 Å². The highest BCUT2D eigenvalue weighted by Crippen LogP contribution is 2.26. The zero-order valence-corrected chi connectivity index (χ0v) is 13.2. The van der Waals surface area contributed by atoms with E-state index in [1.807, 2.05) is 6.92 Å². The number of hydrogen-bond donors (Lipinski definition) is 0. The van der Waals surface area contributed by atoms with Gasteiger partial charge in [-0.1, -0.05) is 0 Å². The summed E-state index contributed by atoms with van der Waals surface area (Å²) in [7, 11) is 1.57. The van der Waals surface area contributed by atoms with Crippen molar-refractivity contribution in [3.8, 4) is 0 Å². The predicted molar refractivity (Wildman–Crippen MR) is 77.2 cm³/mol. The van der Waals surface area contributed by atoms with Crippen LogP contribution in [0.1, 0.15) is 12.0 Å². The van der Waals surface area contributed by atoms with E-state index in [0.29, 0.717) is 5.82 Å². The lowest BCUT2D eigenvalue weighted by molar-refractivity contribution is -0.117. The minimum absolute atomic E-state index is 0.0672. The zero-order chi connectivity index (χ0) is 13.5. The van der Waals surface area contributed by atoms with Gasteiger partial charge in [0, 0.05) is 33.4 Å². The largest absolute Gasteiger partial charge is 0.295 e. The fourth-order valence-electron chi connectivity index (χ4n) is 1.76. The molecule has 0 aromatic carbocycles. The fourth-order valence-corrected chi connectivity index (χ4v) is 3.08. The minimum Gasteiger partial charge on any atom is -0.295 e. The van der Waals surface area contributed by atoms with E-state index < -0.39 is 14.3 Å². The molecule has 0 N–H and O–H groups in total. The van der Waals surface area contributed by atoms with Crippen LogP contribution in [-0.2, 0) is 13.8 Å². The van der Waals surface area contributed by atoms with Crippen molar-refractivity contribution in [2.45, 2.75) is 18.6 Å². The zero-order valence-electron chi connectivity index (χ0n) is 9.43.